The fourth-order valence-electron chi connectivity index (χ4n) is 1.53. The highest BCUT2D eigenvalue weighted by Crippen LogP contribution is 2.16. The Hall–Kier alpha value is -0.910. The van der Waals surface area contributed by atoms with Crippen molar-refractivity contribution in [3.8, 4) is 0 Å². The van der Waals surface area contributed by atoms with Gasteiger partial charge in [-0.1, -0.05) is 51.9 Å². The molecule has 0 unspecified atom stereocenters. The van der Waals surface area contributed by atoms with Crippen LogP contribution < -0.4 is 0 Å². The maximum absolute atomic E-state index is 12.5. The molecule has 3 nitrogen and oxygen atoms in total. The molecule has 0 N–H and O–H groups in total. The first-order valence-corrected chi connectivity index (χ1v) is 8.47. The number of nitrogens with zero attached hydrogens (tertiary/aromatic N) is 1. The number of allylic oxidation sites excluding steroid dienone is 1. The Labute approximate surface area is 123 Å². The standard InChI is InChI=1S/C14H18BrNO2S/c1-3-11-16(12-5-4-10-15)19(17,18)14-8-6-13(2)7-9-14/h3-9H,1,10-12H2,2H3/b5-4+. The Morgan fingerprint density at radius 1 is 1.21 bits per heavy atom. The molecular formula is C14H18BrNO2S. The topological polar surface area (TPSA) is 37.4 Å². The first kappa shape index (κ1) is 16.1. The summed E-state index contributed by atoms with van der Waals surface area (Å²) in [6.07, 6.45) is 5.29. The normalized spacial score (nSPS) is 12.2. The number of rotatable bonds is 7. The van der Waals surface area contributed by atoms with Crippen LogP contribution in [0.25, 0.3) is 0 Å². The lowest BCUT2D eigenvalue weighted by Crippen LogP contribution is -2.31. The maximum Gasteiger partial charge on any atom is 0.243 e. The number of hydrogen-bond acceptors (Lipinski definition) is 2. The fraction of sp³-hybridized carbons (Fsp3) is 0.286. The van der Waals surface area contributed by atoms with E-state index in [0.29, 0.717) is 23.3 Å². The van der Waals surface area contributed by atoms with E-state index in [0.717, 1.165) is 5.56 Å². The van der Waals surface area contributed by atoms with Crippen molar-refractivity contribution < 1.29 is 8.42 Å². The molecule has 5 heteroatoms. The van der Waals surface area contributed by atoms with E-state index in [1.54, 1.807) is 30.3 Å². The van der Waals surface area contributed by atoms with E-state index in [1.165, 1.54) is 4.31 Å². The van der Waals surface area contributed by atoms with E-state index in [-0.39, 0.29) is 0 Å². The van der Waals surface area contributed by atoms with Crippen molar-refractivity contribution in [2.24, 2.45) is 0 Å². The zero-order valence-electron chi connectivity index (χ0n) is 10.9. The Bertz CT molecular complexity index is 535. The van der Waals surface area contributed by atoms with Gasteiger partial charge < -0.3 is 0 Å². The second-order valence-electron chi connectivity index (χ2n) is 4.05. The quantitative estimate of drug-likeness (QED) is 0.563. The van der Waals surface area contributed by atoms with Gasteiger partial charge in [0.2, 0.25) is 10.0 Å². The molecule has 1 rings (SSSR count). The summed E-state index contributed by atoms with van der Waals surface area (Å²) in [6, 6.07) is 6.87. The lowest BCUT2D eigenvalue weighted by molar-refractivity contribution is 0.474. The average Bonchev–Trinajstić information content (AvgIpc) is 2.38. The van der Waals surface area contributed by atoms with Gasteiger partial charge in [0.15, 0.2) is 0 Å². The zero-order valence-corrected chi connectivity index (χ0v) is 13.3. The summed E-state index contributed by atoms with van der Waals surface area (Å²) in [5, 5.41) is 0.708. The van der Waals surface area contributed by atoms with Gasteiger partial charge in [-0.15, -0.1) is 6.58 Å². The van der Waals surface area contributed by atoms with Crippen LogP contribution in [0.1, 0.15) is 5.56 Å². The Balaban J connectivity index is 3.01. The van der Waals surface area contributed by atoms with E-state index < -0.39 is 10.0 Å². The summed E-state index contributed by atoms with van der Waals surface area (Å²) >= 11 is 3.27. The fourth-order valence-corrected chi connectivity index (χ4v) is 3.16. The molecule has 0 fully saturated rings. The van der Waals surface area contributed by atoms with Crippen LogP contribution >= 0.6 is 15.9 Å². The summed E-state index contributed by atoms with van der Waals surface area (Å²) in [4.78, 5) is 0.312. The van der Waals surface area contributed by atoms with Gasteiger partial charge in [0.25, 0.3) is 0 Å². The molecule has 0 aromatic heterocycles. The molecule has 1 aromatic rings. The molecule has 104 valence electrons. The Morgan fingerprint density at radius 2 is 1.84 bits per heavy atom. The molecule has 0 saturated heterocycles. The van der Waals surface area contributed by atoms with Crippen LogP contribution in [0.3, 0.4) is 0 Å². The van der Waals surface area contributed by atoms with Crippen LogP contribution in [0.4, 0.5) is 0 Å². The maximum atomic E-state index is 12.5. The van der Waals surface area contributed by atoms with Crippen LogP contribution in [0.5, 0.6) is 0 Å². The second-order valence-corrected chi connectivity index (χ2v) is 6.63. The van der Waals surface area contributed by atoms with Crippen LogP contribution in [-0.4, -0.2) is 31.1 Å². The van der Waals surface area contributed by atoms with Crippen LogP contribution in [-0.2, 0) is 10.0 Å². The summed E-state index contributed by atoms with van der Waals surface area (Å²) < 4.78 is 26.3. The third-order valence-corrected chi connectivity index (χ3v) is 4.78. The lowest BCUT2D eigenvalue weighted by Gasteiger charge is -2.19. The van der Waals surface area contributed by atoms with Crippen LogP contribution in [0.15, 0.2) is 54.0 Å². The molecule has 0 radical (unpaired) electrons. The van der Waals surface area contributed by atoms with Crippen molar-refractivity contribution in [3.05, 3.63) is 54.6 Å². The highest BCUT2D eigenvalue weighted by Gasteiger charge is 2.21. The lowest BCUT2D eigenvalue weighted by atomic mass is 10.2. The smallest absolute Gasteiger partial charge is 0.207 e. The minimum Gasteiger partial charge on any atom is -0.207 e. The summed E-state index contributed by atoms with van der Waals surface area (Å²) in [7, 11) is -3.46. The van der Waals surface area contributed by atoms with E-state index in [2.05, 4.69) is 22.5 Å². The van der Waals surface area contributed by atoms with Crippen molar-refractivity contribution in [1.82, 2.24) is 4.31 Å². The summed E-state index contributed by atoms with van der Waals surface area (Å²) in [5.74, 6) is 0. The Kier molecular flexibility index (Phi) is 6.48. The molecule has 0 aliphatic carbocycles. The first-order valence-electron chi connectivity index (χ1n) is 5.91. The van der Waals surface area contributed by atoms with Gasteiger partial charge >= 0.3 is 0 Å². The highest BCUT2D eigenvalue weighted by molar-refractivity contribution is 9.09. The Morgan fingerprint density at radius 3 is 2.37 bits per heavy atom. The number of benzene rings is 1. The van der Waals surface area contributed by atoms with Gasteiger partial charge in [-0.05, 0) is 19.1 Å². The van der Waals surface area contributed by atoms with E-state index in [9.17, 15) is 8.42 Å². The minimum atomic E-state index is -3.46. The number of hydrogen-bond donors (Lipinski definition) is 0. The van der Waals surface area contributed by atoms with E-state index >= 15 is 0 Å². The number of alkyl halides is 1. The summed E-state index contributed by atoms with van der Waals surface area (Å²) in [6.45, 7) is 6.17. The molecule has 0 saturated carbocycles. The molecule has 0 heterocycles. The van der Waals surface area contributed by atoms with Crippen molar-refractivity contribution >= 4 is 26.0 Å². The van der Waals surface area contributed by atoms with Gasteiger partial charge in [0, 0.05) is 18.4 Å². The van der Waals surface area contributed by atoms with Gasteiger partial charge in [-0.3, -0.25) is 0 Å². The highest BCUT2D eigenvalue weighted by atomic mass is 79.9. The van der Waals surface area contributed by atoms with Crippen molar-refractivity contribution in [3.63, 3.8) is 0 Å². The van der Waals surface area contributed by atoms with Gasteiger partial charge in [-0.25, -0.2) is 8.42 Å². The van der Waals surface area contributed by atoms with Gasteiger partial charge in [-0.2, -0.15) is 4.31 Å². The number of sulfonamides is 1. The zero-order chi connectivity index (χ0) is 14.3. The summed E-state index contributed by atoms with van der Waals surface area (Å²) in [5.41, 5.74) is 1.04. The predicted molar refractivity (Wildman–Crippen MR) is 83.1 cm³/mol. The van der Waals surface area contributed by atoms with Crippen molar-refractivity contribution in [2.75, 3.05) is 18.4 Å². The van der Waals surface area contributed by atoms with Gasteiger partial charge in [0.05, 0.1) is 4.90 Å². The van der Waals surface area contributed by atoms with Gasteiger partial charge in [0.1, 0.15) is 0 Å². The third kappa shape index (κ3) is 4.60. The molecule has 0 bridgehead atoms. The average molecular weight is 344 g/mol. The molecule has 0 aliphatic heterocycles. The second kappa shape index (κ2) is 7.62. The molecule has 0 aliphatic rings. The van der Waals surface area contributed by atoms with Crippen molar-refractivity contribution in [1.29, 1.82) is 0 Å². The first-order chi connectivity index (χ1) is 9.02. The molecule has 19 heavy (non-hydrogen) atoms. The van der Waals surface area contributed by atoms with Crippen molar-refractivity contribution in [2.45, 2.75) is 11.8 Å². The monoisotopic (exact) mass is 343 g/mol. The number of aryl methyl sites for hydroxylation is 1. The SMILES string of the molecule is C=CCN(C/C=C/CBr)S(=O)(=O)c1ccc(C)cc1. The third-order valence-electron chi connectivity index (χ3n) is 2.56. The molecule has 0 spiro atoms. The minimum absolute atomic E-state index is 0.294. The van der Waals surface area contributed by atoms with Crippen LogP contribution in [0.2, 0.25) is 0 Å². The molecule has 1 aromatic carbocycles. The molecule has 0 atom stereocenters. The molecule has 0 amide bonds. The largest absolute Gasteiger partial charge is 0.243 e. The van der Waals surface area contributed by atoms with Crippen LogP contribution in [0, 0.1) is 6.92 Å². The van der Waals surface area contributed by atoms with E-state index in [1.807, 2.05) is 19.1 Å². The van der Waals surface area contributed by atoms with E-state index in [4.69, 9.17) is 0 Å². The number of halogens is 1. The molecular weight excluding hydrogens is 326 g/mol. The predicted octanol–water partition coefficient (Wildman–Crippen LogP) is 3.12.